The summed E-state index contributed by atoms with van der Waals surface area (Å²) in [6, 6.07) is 11.7. The van der Waals surface area contributed by atoms with Crippen LogP contribution in [-0.2, 0) is 12.8 Å². The summed E-state index contributed by atoms with van der Waals surface area (Å²) in [6.07, 6.45) is 11.1. The molecule has 0 amide bonds. The van der Waals surface area contributed by atoms with Gasteiger partial charge >= 0.3 is 0 Å². The Balaban J connectivity index is 1.65. The van der Waals surface area contributed by atoms with Crippen LogP contribution in [0.1, 0.15) is 116 Å². The molecule has 0 spiro atoms. The number of rotatable bonds is 11. The van der Waals surface area contributed by atoms with Crippen LogP contribution in [0.3, 0.4) is 0 Å². The Morgan fingerprint density at radius 2 is 1.24 bits per heavy atom. The molecule has 1 aliphatic rings. The second-order valence-corrected chi connectivity index (χ2v) is 10.6. The number of allylic oxidation sites excluding steroid dienone is 2. The van der Waals surface area contributed by atoms with E-state index in [1.54, 1.807) is 0 Å². The van der Waals surface area contributed by atoms with E-state index < -0.39 is 0 Å². The Kier molecular flexibility index (Phi) is 8.83. The molecule has 1 unspecified atom stereocenters. The number of hydrogen-bond donors (Lipinski definition) is 0. The Morgan fingerprint density at radius 3 is 1.73 bits per heavy atom. The van der Waals surface area contributed by atoms with Gasteiger partial charge in [-0.2, -0.15) is 0 Å². The van der Waals surface area contributed by atoms with Gasteiger partial charge < -0.3 is 0 Å². The third-order valence-corrected chi connectivity index (χ3v) is 6.77. The minimum atomic E-state index is -0.00949. The van der Waals surface area contributed by atoms with Crippen molar-refractivity contribution in [3.8, 4) is 0 Å². The summed E-state index contributed by atoms with van der Waals surface area (Å²) in [5, 5.41) is 0. The molecule has 1 atom stereocenters. The monoisotopic (exact) mass is 444 g/mol. The summed E-state index contributed by atoms with van der Waals surface area (Å²) >= 11 is 0. The summed E-state index contributed by atoms with van der Waals surface area (Å²) in [4.78, 5) is 26.4. The lowest BCUT2D eigenvalue weighted by atomic mass is 9.82. The van der Waals surface area contributed by atoms with Crippen LogP contribution in [0.25, 0.3) is 0 Å². The van der Waals surface area contributed by atoms with Crippen LogP contribution in [-0.4, -0.2) is 11.6 Å². The predicted molar refractivity (Wildman–Crippen MR) is 138 cm³/mol. The van der Waals surface area contributed by atoms with Crippen LogP contribution in [0.2, 0.25) is 0 Å². The van der Waals surface area contributed by atoms with Gasteiger partial charge in [0.1, 0.15) is 0 Å². The summed E-state index contributed by atoms with van der Waals surface area (Å²) in [5.41, 5.74) is 5.96. The van der Waals surface area contributed by atoms with Gasteiger partial charge in [0.2, 0.25) is 0 Å². The molecule has 33 heavy (non-hydrogen) atoms. The van der Waals surface area contributed by atoms with Gasteiger partial charge in [-0.15, -0.1) is 0 Å². The van der Waals surface area contributed by atoms with Gasteiger partial charge in [-0.3, -0.25) is 9.59 Å². The van der Waals surface area contributed by atoms with Crippen LogP contribution in [0.4, 0.5) is 0 Å². The third-order valence-electron chi connectivity index (χ3n) is 6.77. The summed E-state index contributed by atoms with van der Waals surface area (Å²) in [5.74, 6) is 1.36. The fourth-order valence-corrected chi connectivity index (χ4v) is 4.73. The Morgan fingerprint density at radius 1 is 0.727 bits per heavy atom. The lowest BCUT2D eigenvalue weighted by Gasteiger charge is -2.19. The van der Waals surface area contributed by atoms with E-state index in [1.165, 1.54) is 24.8 Å². The largest absolute Gasteiger partial charge is 0.289 e. The van der Waals surface area contributed by atoms with E-state index in [0.29, 0.717) is 34.1 Å². The Hall–Kier alpha value is -2.48. The van der Waals surface area contributed by atoms with Crippen LogP contribution < -0.4 is 0 Å². The van der Waals surface area contributed by atoms with Crippen molar-refractivity contribution in [2.24, 2.45) is 11.8 Å². The van der Waals surface area contributed by atoms with E-state index in [1.807, 2.05) is 36.4 Å². The third kappa shape index (κ3) is 6.76. The highest BCUT2D eigenvalue weighted by Gasteiger charge is 2.29. The summed E-state index contributed by atoms with van der Waals surface area (Å²) < 4.78 is 0. The zero-order valence-corrected chi connectivity index (χ0v) is 21.2. The molecule has 0 aromatic heterocycles. The van der Waals surface area contributed by atoms with Gasteiger partial charge in [-0.1, -0.05) is 69.5 Å². The van der Waals surface area contributed by atoms with Crippen LogP contribution in [0, 0.1) is 11.8 Å². The number of carbonyl (C=O) groups excluding carboxylic acids is 2. The van der Waals surface area contributed by atoms with Crippen molar-refractivity contribution in [2.45, 2.75) is 86.0 Å². The SMILES string of the molecule is CC(C)=CCCC(C)CCCc1ccc2c(c1)C(=O)c1ccc(CCCC(C)C)cc1C2=O. The Bertz CT molecular complexity index is 1020. The topological polar surface area (TPSA) is 34.1 Å². The Labute approximate surface area is 200 Å². The maximum atomic E-state index is 13.2. The minimum Gasteiger partial charge on any atom is -0.289 e. The van der Waals surface area contributed by atoms with E-state index in [9.17, 15) is 9.59 Å². The van der Waals surface area contributed by atoms with E-state index in [0.717, 1.165) is 43.2 Å². The smallest absolute Gasteiger partial charge is 0.194 e. The molecule has 0 N–H and O–H groups in total. The summed E-state index contributed by atoms with van der Waals surface area (Å²) in [6.45, 7) is 11.1. The molecule has 0 heterocycles. The molecule has 0 radical (unpaired) electrons. The molecule has 2 nitrogen and oxygen atoms in total. The van der Waals surface area contributed by atoms with E-state index >= 15 is 0 Å². The molecule has 0 fully saturated rings. The van der Waals surface area contributed by atoms with Gasteiger partial charge in [-0.05, 0) is 87.5 Å². The number of aryl methyl sites for hydroxylation is 2. The molecule has 2 aromatic carbocycles. The first-order valence-electron chi connectivity index (χ1n) is 12.7. The van der Waals surface area contributed by atoms with Crippen LogP contribution >= 0.6 is 0 Å². The fraction of sp³-hybridized carbons (Fsp3) is 0.484. The number of carbonyl (C=O) groups is 2. The molecular formula is C31H40O2. The standard InChI is InChI=1S/C31H40O2/c1-21(2)9-6-11-23(5)12-8-14-25-16-18-27-29(20-25)31(33)26-17-15-24(13-7-10-22(3)4)19-28(26)30(27)32/h9,15-20,22-23H,6-8,10-14H2,1-5H3. The molecule has 2 heteroatoms. The van der Waals surface area contributed by atoms with Gasteiger partial charge in [0.05, 0.1) is 0 Å². The van der Waals surface area contributed by atoms with Crippen molar-refractivity contribution in [1.82, 2.24) is 0 Å². The lowest BCUT2D eigenvalue weighted by molar-refractivity contribution is 0.0979. The molecule has 2 aromatic rings. The quantitative estimate of drug-likeness (QED) is 0.280. The average Bonchev–Trinajstić information content (AvgIpc) is 2.77. The molecule has 1 aliphatic carbocycles. The van der Waals surface area contributed by atoms with Crippen molar-refractivity contribution in [2.75, 3.05) is 0 Å². The minimum absolute atomic E-state index is 0.00901. The summed E-state index contributed by atoms with van der Waals surface area (Å²) in [7, 11) is 0. The van der Waals surface area contributed by atoms with Gasteiger partial charge in [0.25, 0.3) is 0 Å². The van der Waals surface area contributed by atoms with E-state index in [4.69, 9.17) is 0 Å². The molecule has 176 valence electrons. The number of benzene rings is 2. The van der Waals surface area contributed by atoms with Gasteiger partial charge in [0, 0.05) is 22.3 Å². The van der Waals surface area contributed by atoms with Crippen molar-refractivity contribution in [1.29, 1.82) is 0 Å². The predicted octanol–water partition coefficient (Wildman–Crippen LogP) is 8.15. The molecule has 0 saturated carbocycles. The van der Waals surface area contributed by atoms with Crippen molar-refractivity contribution < 1.29 is 9.59 Å². The zero-order chi connectivity index (χ0) is 24.0. The van der Waals surface area contributed by atoms with Crippen LogP contribution in [0.15, 0.2) is 48.0 Å². The second-order valence-electron chi connectivity index (χ2n) is 10.6. The second kappa shape index (κ2) is 11.6. The zero-order valence-electron chi connectivity index (χ0n) is 21.2. The fourth-order valence-electron chi connectivity index (χ4n) is 4.73. The molecule has 0 bridgehead atoms. The van der Waals surface area contributed by atoms with E-state index in [-0.39, 0.29) is 11.6 Å². The maximum Gasteiger partial charge on any atom is 0.194 e. The number of fused-ring (bicyclic) bond motifs is 2. The first-order chi connectivity index (χ1) is 15.8. The van der Waals surface area contributed by atoms with E-state index in [2.05, 4.69) is 40.7 Å². The first-order valence-corrected chi connectivity index (χ1v) is 12.7. The first kappa shape index (κ1) is 25.1. The van der Waals surface area contributed by atoms with Gasteiger partial charge in [-0.25, -0.2) is 0 Å². The van der Waals surface area contributed by atoms with Crippen molar-refractivity contribution in [3.63, 3.8) is 0 Å². The highest BCUT2D eigenvalue weighted by Crippen LogP contribution is 2.30. The highest BCUT2D eigenvalue weighted by molar-refractivity contribution is 6.28. The van der Waals surface area contributed by atoms with Crippen LogP contribution in [0.5, 0.6) is 0 Å². The maximum absolute atomic E-state index is 13.2. The molecule has 3 rings (SSSR count). The normalized spacial score (nSPS) is 13.6. The average molecular weight is 445 g/mol. The molecule has 0 aliphatic heterocycles. The number of hydrogen-bond acceptors (Lipinski definition) is 2. The molecule has 0 saturated heterocycles. The van der Waals surface area contributed by atoms with Crippen molar-refractivity contribution in [3.05, 3.63) is 81.4 Å². The number of ketones is 2. The van der Waals surface area contributed by atoms with Crippen molar-refractivity contribution >= 4 is 11.6 Å². The van der Waals surface area contributed by atoms with Gasteiger partial charge in [0.15, 0.2) is 11.6 Å². The highest BCUT2D eigenvalue weighted by atomic mass is 16.1. The lowest BCUT2D eigenvalue weighted by Crippen LogP contribution is -2.21. The molecular weight excluding hydrogens is 404 g/mol.